The van der Waals surface area contributed by atoms with Gasteiger partial charge in [0.15, 0.2) is 0 Å². The molecule has 0 amide bonds. The number of nitrogens with zero attached hydrogens (tertiary/aromatic N) is 4. The third-order valence-corrected chi connectivity index (χ3v) is 6.48. The summed E-state index contributed by atoms with van der Waals surface area (Å²) in [5, 5.41) is 35.9. The van der Waals surface area contributed by atoms with E-state index in [9.17, 15) is 33.8 Å². The Morgan fingerprint density at radius 3 is 2.35 bits per heavy atom. The predicted molar refractivity (Wildman–Crippen MR) is 114 cm³/mol. The highest BCUT2D eigenvalue weighted by atomic mass is 35.5. The van der Waals surface area contributed by atoms with Crippen LogP contribution in [0.2, 0.25) is 5.02 Å². The van der Waals surface area contributed by atoms with E-state index < -0.39 is 37.0 Å². The van der Waals surface area contributed by atoms with Gasteiger partial charge in [0.25, 0.3) is 5.69 Å². The van der Waals surface area contributed by atoms with Crippen LogP contribution in [0.4, 0.5) is 17.1 Å². The number of halogens is 1. The maximum atomic E-state index is 12.9. The van der Waals surface area contributed by atoms with Gasteiger partial charge in [0, 0.05) is 41.9 Å². The summed E-state index contributed by atoms with van der Waals surface area (Å²) in [6.45, 7) is 3.53. The maximum absolute atomic E-state index is 12.9. The number of benzene rings is 2. The summed E-state index contributed by atoms with van der Waals surface area (Å²) >= 11 is 5.81. The first-order valence-electron chi connectivity index (χ1n) is 8.77. The lowest BCUT2D eigenvalue weighted by molar-refractivity contribution is -0.385. The summed E-state index contributed by atoms with van der Waals surface area (Å²) in [6, 6.07) is 5.37. The zero-order valence-electron chi connectivity index (χ0n) is 16.4. The summed E-state index contributed by atoms with van der Waals surface area (Å²) in [4.78, 5) is 20.2. The number of hydrazone groups is 1. The molecule has 0 fully saturated rings. The molecule has 0 aliphatic heterocycles. The Kier molecular flexibility index (Phi) is 7.49. The number of phenols is 1. The smallest absolute Gasteiger partial charge is 0.312 e. The average Bonchev–Trinajstić information content (AvgIpc) is 2.70. The maximum Gasteiger partial charge on any atom is 0.312 e. The lowest BCUT2D eigenvalue weighted by Gasteiger charge is -2.20. The van der Waals surface area contributed by atoms with Crippen LogP contribution in [-0.2, 0) is 10.0 Å². The third kappa shape index (κ3) is 5.25. The third-order valence-electron chi connectivity index (χ3n) is 4.17. The van der Waals surface area contributed by atoms with Crippen LogP contribution in [0.3, 0.4) is 0 Å². The first-order chi connectivity index (χ1) is 14.5. The first kappa shape index (κ1) is 24.0. The van der Waals surface area contributed by atoms with E-state index in [4.69, 9.17) is 11.6 Å². The molecule has 0 aliphatic carbocycles. The number of aromatic hydroxyl groups is 1. The summed E-state index contributed by atoms with van der Waals surface area (Å²) in [5.41, 5.74) is 1.23. The fourth-order valence-corrected chi connectivity index (χ4v) is 4.49. The van der Waals surface area contributed by atoms with Gasteiger partial charge in [0.2, 0.25) is 15.8 Å². The van der Waals surface area contributed by atoms with Crippen LogP contribution < -0.4 is 5.43 Å². The van der Waals surface area contributed by atoms with Crippen LogP contribution in [0.5, 0.6) is 5.75 Å². The highest BCUT2D eigenvalue weighted by Gasteiger charge is 2.27. The highest BCUT2D eigenvalue weighted by molar-refractivity contribution is 7.89. The van der Waals surface area contributed by atoms with Gasteiger partial charge in [0.05, 0.1) is 21.7 Å². The zero-order valence-corrected chi connectivity index (χ0v) is 17.9. The SMILES string of the molecule is CCN(CC)S(=O)(=O)c1cc([N+](=O)[O-])ccc1NN=Cc1cc(Cl)cc([N+](=O)[O-])c1O. The van der Waals surface area contributed by atoms with Crippen molar-refractivity contribution in [3.63, 3.8) is 0 Å². The van der Waals surface area contributed by atoms with E-state index in [-0.39, 0.29) is 34.3 Å². The minimum absolute atomic E-state index is 0.0221. The monoisotopic (exact) mass is 471 g/mol. The molecule has 14 heteroatoms. The van der Waals surface area contributed by atoms with Gasteiger partial charge in [-0.05, 0) is 12.1 Å². The number of phenolic OH excluding ortho intramolecular Hbond substituents is 1. The van der Waals surface area contributed by atoms with Crippen LogP contribution in [0.25, 0.3) is 0 Å². The van der Waals surface area contributed by atoms with E-state index in [0.29, 0.717) is 0 Å². The van der Waals surface area contributed by atoms with E-state index in [0.717, 1.165) is 28.7 Å². The van der Waals surface area contributed by atoms with Crippen molar-refractivity contribution < 1.29 is 23.4 Å². The van der Waals surface area contributed by atoms with Gasteiger partial charge in [0.1, 0.15) is 4.90 Å². The Bertz CT molecular complexity index is 1150. The molecule has 2 N–H and O–H groups in total. The van der Waals surface area contributed by atoms with Crippen molar-refractivity contribution >= 4 is 44.9 Å². The first-order valence-corrected chi connectivity index (χ1v) is 10.6. The van der Waals surface area contributed by atoms with Gasteiger partial charge >= 0.3 is 5.69 Å². The average molecular weight is 472 g/mol. The van der Waals surface area contributed by atoms with Crippen molar-refractivity contribution in [2.45, 2.75) is 18.7 Å². The summed E-state index contributed by atoms with van der Waals surface area (Å²) in [5.74, 6) is -0.681. The molecule has 12 nitrogen and oxygen atoms in total. The number of sulfonamides is 1. The topological polar surface area (TPSA) is 168 Å². The van der Waals surface area contributed by atoms with Crippen LogP contribution >= 0.6 is 11.6 Å². The molecule has 0 aromatic heterocycles. The molecule has 0 atom stereocenters. The fourth-order valence-electron chi connectivity index (χ4n) is 2.65. The molecular formula is C17H18ClN5O7S. The van der Waals surface area contributed by atoms with Crippen molar-refractivity contribution in [2.24, 2.45) is 5.10 Å². The van der Waals surface area contributed by atoms with Gasteiger partial charge in [-0.2, -0.15) is 9.41 Å². The summed E-state index contributed by atoms with van der Waals surface area (Å²) in [6.07, 6.45) is 1.00. The van der Waals surface area contributed by atoms with E-state index in [1.54, 1.807) is 13.8 Å². The molecule has 2 aromatic carbocycles. The number of nitrogens with one attached hydrogen (secondary N) is 1. The van der Waals surface area contributed by atoms with Crippen LogP contribution in [-0.4, -0.2) is 47.0 Å². The van der Waals surface area contributed by atoms with Crippen molar-refractivity contribution in [3.05, 3.63) is 61.1 Å². The Balaban J connectivity index is 2.49. The molecule has 0 aliphatic rings. The highest BCUT2D eigenvalue weighted by Crippen LogP contribution is 2.33. The number of rotatable bonds is 9. The second-order valence-electron chi connectivity index (χ2n) is 6.02. The number of hydrogen-bond acceptors (Lipinski definition) is 9. The summed E-state index contributed by atoms with van der Waals surface area (Å²) in [7, 11) is -4.08. The standard InChI is InChI=1S/C17H18ClN5O7S/c1-3-21(4-2)31(29,30)16-9-13(22(25)26)5-6-14(16)20-19-10-11-7-12(18)8-15(17(11)24)23(27)28/h5-10,20,24H,3-4H2,1-2H3. The van der Waals surface area contributed by atoms with E-state index in [2.05, 4.69) is 10.5 Å². The predicted octanol–water partition coefficient (Wildman–Crippen LogP) is 3.34. The van der Waals surface area contributed by atoms with Crippen LogP contribution in [0.1, 0.15) is 19.4 Å². The number of nitro benzene ring substituents is 2. The van der Waals surface area contributed by atoms with Gasteiger partial charge in [-0.3, -0.25) is 25.7 Å². The molecule has 0 unspecified atom stereocenters. The molecule has 0 saturated heterocycles. The van der Waals surface area contributed by atoms with E-state index >= 15 is 0 Å². The second-order valence-corrected chi connectivity index (χ2v) is 8.36. The van der Waals surface area contributed by atoms with Gasteiger partial charge in [-0.1, -0.05) is 25.4 Å². The number of anilines is 1. The van der Waals surface area contributed by atoms with Crippen molar-refractivity contribution in [2.75, 3.05) is 18.5 Å². The molecule has 0 heterocycles. The number of non-ortho nitro benzene ring substituents is 1. The lowest BCUT2D eigenvalue weighted by atomic mass is 10.2. The largest absolute Gasteiger partial charge is 0.502 e. The summed E-state index contributed by atoms with van der Waals surface area (Å²) < 4.78 is 27.0. The molecule has 0 bridgehead atoms. The molecule has 0 saturated carbocycles. The van der Waals surface area contributed by atoms with E-state index in [1.807, 2.05) is 0 Å². The molecule has 31 heavy (non-hydrogen) atoms. The Labute approximate surface area is 182 Å². The van der Waals surface area contributed by atoms with Gasteiger partial charge < -0.3 is 5.11 Å². The zero-order chi connectivity index (χ0) is 23.3. The minimum atomic E-state index is -4.08. The lowest BCUT2D eigenvalue weighted by Crippen LogP contribution is -2.31. The molecular weight excluding hydrogens is 454 g/mol. The minimum Gasteiger partial charge on any atom is -0.502 e. The molecule has 166 valence electrons. The second kappa shape index (κ2) is 9.68. The van der Waals surface area contributed by atoms with Crippen molar-refractivity contribution in [3.8, 4) is 5.75 Å². The Hall–Kier alpha value is -3.29. The quantitative estimate of drug-likeness (QED) is 0.318. The van der Waals surface area contributed by atoms with Crippen LogP contribution in [0, 0.1) is 20.2 Å². The Morgan fingerprint density at radius 2 is 1.81 bits per heavy atom. The number of nitro groups is 2. The van der Waals surface area contributed by atoms with Gasteiger partial charge in [-0.15, -0.1) is 0 Å². The fraction of sp³-hybridized carbons (Fsp3) is 0.235. The van der Waals surface area contributed by atoms with Crippen molar-refractivity contribution in [1.29, 1.82) is 0 Å². The Morgan fingerprint density at radius 1 is 1.16 bits per heavy atom. The van der Waals surface area contributed by atoms with Crippen molar-refractivity contribution in [1.82, 2.24) is 4.31 Å². The van der Waals surface area contributed by atoms with E-state index in [1.165, 1.54) is 12.1 Å². The molecule has 0 spiro atoms. The normalized spacial score (nSPS) is 11.7. The van der Waals surface area contributed by atoms with Gasteiger partial charge in [-0.25, -0.2) is 8.42 Å². The molecule has 0 radical (unpaired) electrons. The molecule has 2 aromatic rings. The van der Waals surface area contributed by atoms with Crippen LogP contribution in [0.15, 0.2) is 40.3 Å². The molecule has 2 rings (SSSR count). The number of hydrogen-bond donors (Lipinski definition) is 2.